The Labute approximate surface area is 162 Å². The van der Waals surface area contributed by atoms with Crippen LogP contribution in [0.15, 0.2) is 73.1 Å². The lowest BCUT2D eigenvalue weighted by Gasteiger charge is -2.04. The molecular weight excluding hydrogens is 354 g/mol. The highest BCUT2D eigenvalue weighted by Crippen LogP contribution is 2.54. The van der Waals surface area contributed by atoms with Gasteiger partial charge >= 0.3 is 0 Å². The Bertz CT molecular complexity index is 1110. The van der Waals surface area contributed by atoms with E-state index in [1.807, 2.05) is 39.8 Å². The molecule has 1 N–H and O–H groups in total. The van der Waals surface area contributed by atoms with Gasteiger partial charge < -0.3 is 0 Å². The average molecular weight is 373 g/mol. The zero-order valence-corrected chi connectivity index (χ0v) is 15.5. The van der Waals surface area contributed by atoms with Crippen molar-refractivity contribution in [2.24, 2.45) is 0 Å². The summed E-state index contributed by atoms with van der Waals surface area (Å²) >= 11 is 5.50. The van der Waals surface area contributed by atoms with Crippen molar-refractivity contribution in [3.63, 3.8) is 0 Å². The Morgan fingerprint density at radius 3 is 2.52 bits per heavy atom. The third-order valence-electron chi connectivity index (χ3n) is 5.11. The van der Waals surface area contributed by atoms with Crippen molar-refractivity contribution in [3.8, 4) is 5.69 Å². The van der Waals surface area contributed by atoms with Crippen LogP contribution in [0.5, 0.6) is 0 Å². The summed E-state index contributed by atoms with van der Waals surface area (Å²) in [6.45, 7) is 0.734. The van der Waals surface area contributed by atoms with Gasteiger partial charge in [-0.1, -0.05) is 60.7 Å². The maximum atomic E-state index is 5.50. The number of aromatic amines is 1. The van der Waals surface area contributed by atoms with Crippen molar-refractivity contribution in [1.29, 1.82) is 0 Å². The van der Waals surface area contributed by atoms with Gasteiger partial charge in [-0.05, 0) is 35.7 Å². The number of nitrogens with zero attached hydrogens (tertiary/aromatic N) is 4. The number of rotatable bonds is 5. The molecule has 0 radical (unpaired) electrons. The third-order valence-corrected chi connectivity index (χ3v) is 5.39. The first-order valence-corrected chi connectivity index (χ1v) is 9.49. The van der Waals surface area contributed by atoms with Gasteiger partial charge in [0.15, 0.2) is 4.77 Å². The molecule has 2 atom stereocenters. The summed E-state index contributed by atoms with van der Waals surface area (Å²) in [6, 6.07) is 20.9. The molecule has 0 amide bonds. The van der Waals surface area contributed by atoms with Gasteiger partial charge in [0.1, 0.15) is 5.82 Å². The lowest BCUT2D eigenvalue weighted by atomic mass is 10.1. The zero-order chi connectivity index (χ0) is 18.2. The highest BCUT2D eigenvalue weighted by atomic mass is 32.1. The quantitative estimate of drug-likeness (QED) is 0.526. The molecule has 2 heterocycles. The predicted molar refractivity (Wildman–Crippen MR) is 107 cm³/mol. The highest BCUT2D eigenvalue weighted by molar-refractivity contribution is 7.71. The van der Waals surface area contributed by atoms with Gasteiger partial charge in [0.05, 0.1) is 18.4 Å². The number of hydrogen-bond donors (Lipinski definition) is 1. The van der Waals surface area contributed by atoms with E-state index in [2.05, 4.69) is 57.8 Å². The van der Waals surface area contributed by atoms with E-state index in [4.69, 9.17) is 12.2 Å². The molecule has 0 bridgehead atoms. The van der Waals surface area contributed by atoms with Gasteiger partial charge in [-0.25, -0.2) is 0 Å². The molecule has 2 aromatic heterocycles. The lowest BCUT2D eigenvalue weighted by Crippen LogP contribution is -2.01. The second-order valence-electron chi connectivity index (χ2n) is 6.96. The zero-order valence-electron chi connectivity index (χ0n) is 14.7. The Kier molecular flexibility index (Phi) is 3.98. The number of aromatic nitrogens is 5. The SMILES string of the molecule is S=c1[nH]nc([C@@H]2C[C@@H]2c2ccccc2)n1-c1cnn(Cc2ccccc2)c1. The van der Waals surface area contributed by atoms with Crippen molar-refractivity contribution >= 4 is 12.2 Å². The fraction of sp³-hybridized carbons (Fsp3) is 0.190. The van der Waals surface area contributed by atoms with Gasteiger partial charge in [-0.15, -0.1) is 0 Å². The molecule has 5 nitrogen and oxygen atoms in total. The van der Waals surface area contributed by atoms with Crippen molar-refractivity contribution in [2.45, 2.75) is 24.8 Å². The molecule has 2 aromatic carbocycles. The normalized spacial score (nSPS) is 18.5. The van der Waals surface area contributed by atoms with Crippen LogP contribution < -0.4 is 0 Å². The van der Waals surface area contributed by atoms with Gasteiger partial charge in [0.2, 0.25) is 0 Å². The maximum Gasteiger partial charge on any atom is 0.199 e. The monoisotopic (exact) mass is 373 g/mol. The van der Waals surface area contributed by atoms with E-state index >= 15 is 0 Å². The smallest absolute Gasteiger partial charge is 0.199 e. The molecule has 4 aromatic rings. The first kappa shape index (κ1) is 16.2. The standard InChI is InChI=1S/C21H19N5S/c27-21-24-23-20(19-11-18(19)16-9-5-2-6-10-16)26(21)17-12-22-25(14-17)13-15-7-3-1-4-8-15/h1-10,12,14,18-19H,11,13H2,(H,24,27)/t18-,19-/m1/s1. The number of hydrogen-bond acceptors (Lipinski definition) is 3. The Balaban J connectivity index is 1.42. The largest absolute Gasteiger partial charge is 0.269 e. The van der Waals surface area contributed by atoms with Gasteiger partial charge in [0, 0.05) is 12.1 Å². The third kappa shape index (κ3) is 3.13. The lowest BCUT2D eigenvalue weighted by molar-refractivity contribution is 0.686. The Morgan fingerprint density at radius 2 is 1.74 bits per heavy atom. The van der Waals surface area contributed by atoms with Crippen LogP contribution >= 0.6 is 12.2 Å². The molecule has 0 aliphatic heterocycles. The fourth-order valence-corrected chi connectivity index (χ4v) is 3.93. The number of H-pyrrole nitrogens is 1. The second-order valence-corrected chi connectivity index (χ2v) is 7.35. The maximum absolute atomic E-state index is 5.50. The first-order valence-electron chi connectivity index (χ1n) is 9.08. The molecule has 6 heteroatoms. The average Bonchev–Trinajstić information content (AvgIpc) is 3.22. The molecule has 0 unspecified atom stereocenters. The summed E-state index contributed by atoms with van der Waals surface area (Å²) in [6.07, 6.45) is 4.99. The van der Waals surface area contributed by atoms with Crippen molar-refractivity contribution in [1.82, 2.24) is 24.5 Å². The fourth-order valence-electron chi connectivity index (χ4n) is 3.68. The molecule has 1 saturated carbocycles. The summed E-state index contributed by atoms with van der Waals surface area (Å²) in [5.41, 5.74) is 3.54. The molecule has 1 fully saturated rings. The van der Waals surface area contributed by atoms with E-state index in [0.29, 0.717) is 16.6 Å². The summed E-state index contributed by atoms with van der Waals surface area (Å²) in [5.74, 6) is 1.89. The molecule has 1 aliphatic carbocycles. The van der Waals surface area contributed by atoms with Crippen LogP contribution in [0.25, 0.3) is 5.69 Å². The minimum absolute atomic E-state index is 0.387. The summed E-state index contributed by atoms with van der Waals surface area (Å²) < 4.78 is 4.57. The summed E-state index contributed by atoms with van der Waals surface area (Å²) in [4.78, 5) is 0. The van der Waals surface area contributed by atoms with Crippen LogP contribution in [0.3, 0.4) is 0 Å². The summed E-state index contributed by atoms with van der Waals surface area (Å²) in [5, 5.41) is 12.0. The van der Waals surface area contributed by atoms with Gasteiger partial charge in [-0.2, -0.15) is 10.2 Å². The van der Waals surface area contributed by atoms with E-state index < -0.39 is 0 Å². The van der Waals surface area contributed by atoms with Gasteiger partial charge in [0.25, 0.3) is 0 Å². The minimum atomic E-state index is 0.387. The minimum Gasteiger partial charge on any atom is -0.269 e. The molecular formula is C21H19N5S. The van der Waals surface area contributed by atoms with Crippen LogP contribution in [0.1, 0.15) is 35.2 Å². The molecule has 5 rings (SSSR count). The molecule has 0 spiro atoms. The van der Waals surface area contributed by atoms with E-state index in [-0.39, 0.29) is 0 Å². The molecule has 0 saturated heterocycles. The first-order chi connectivity index (χ1) is 13.3. The predicted octanol–water partition coefficient (Wildman–Crippen LogP) is 4.45. The van der Waals surface area contributed by atoms with E-state index in [9.17, 15) is 0 Å². The summed E-state index contributed by atoms with van der Waals surface area (Å²) in [7, 11) is 0. The van der Waals surface area contributed by atoms with E-state index in [1.165, 1.54) is 11.1 Å². The van der Waals surface area contributed by atoms with Crippen molar-refractivity contribution < 1.29 is 0 Å². The number of nitrogens with one attached hydrogen (secondary N) is 1. The van der Waals surface area contributed by atoms with Crippen molar-refractivity contribution in [2.75, 3.05) is 0 Å². The van der Waals surface area contributed by atoms with Crippen LogP contribution in [0, 0.1) is 4.77 Å². The Morgan fingerprint density at radius 1 is 1.00 bits per heavy atom. The number of benzene rings is 2. The van der Waals surface area contributed by atoms with Crippen LogP contribution in [0.2, 0.25) is 0 Å². The van der Waals surface area contributed by atoms with Crippen LogP contribution in [-0.4, -0.2) is 24.5 Å². The topological polar surface area (TPSA) is 51.4 Å². The van der Waals surface area contributed by atoms with Gasteiger partial charge in [-0.3, -0.25) is 14.3 Å². The van der Waals surface area contributed by atoms with E-state index in [1.54, 1.807) is 0 Å². The van der Waals surface area contributed by atoms with Crippen molar-refractivity contribution in [3.05, 3.63) is 94.8 Å². The molecule has 134 valence electrons. The second kappa shape index (κ2) is 6.63. The van der Waals surface area contributed by atoms with Crippen LogP contribution in [0.4, 0.5) is 0 Å². The van der Waals surface area contributed by atoms with E-state index in [0.717, 1.165) is 24.5 Å². The molecule has 27 heavy (non-hydrogen) atoms. The Hall–Kier alpha value is -2.99. The van der Waals surface area contributed by atoms with Crippen LogP contribution in [-0.2, 0) is 6.54 Å². The highest BCUT2D eigenvalue weighted by Gasteiger charge is 2.43. The molecule has 1 aliphatic rings.